The first-order chi connectivity index (χ1) is 17.9. The Bertz CT molecular complexity index is 1200. The summed E-state index contributed by atoms with van der Waals surface area (Å²) in [6.45, 7) is -0.877. The van der Waals surface area contributed by atoms with Crippen LogP contribution < -0.4 is 27.4 Å². The van der Waals surface area contributed by atoms with Crippen LogP contribution in [0.1, 0.15) is 24.8 Å². The molecule has 4 atom stereocenters. The molecule has 15 nitrogen and oxygen atoms in total. The molecule has 15 heteroatoms. The molecule has 11 N–H and O–H groups in total. The molecule has 0 aliphatic rings. The molecule has 2 aromatic rings. The number of carboxylic acid groups (broad SMARTS) is 2. The molecule has 2 rings (SSSR count). The van der Waals surface area contributed by atoms with Crippen molar-refractivity contribution in [2.45, 2.75) is 49.9 Å². The summed E-state index contributed by atoms with van der Waals surface area (Å²) in [6.07, 6.45) is 0.246. The molecule has 0 spiro atoms. The molecule has 0 aliphatic heterocycles. The molecule has 1 heterocycles. The highest BCUT2D eigenvalue weighted by atomic mass is 16.4. The summed E-state index contributed by atoms with van der Waals surface area (Å²) >= 11 is 0. The van der Waals surface area contributed by atoms with Crippen LogP contribution >= 0.6 is 0 Å². The third-order valence-electron chi connectivity index (χ3n) is 5.58. The molecule has 0 saturated heterocycles. The van der Waals surface area contributed by atoms with Gasteiger partial charge < -0.3 is 47.7 Å². The minimum absolute atomic E-state index is 0.104. The molecular formula is C23H30N6O9. The minimum atomic E-state index is -1.78. The zero-order chi connectivity index (χ0) is 28.4. The van der Waals surface area contributed by atoms with Crippen molar-refractivity contribution >= 4 is 46.5 Å². The first-order valence-electron chi connectivity index (χ1n) is 11.5. The maximum atomic E-state index is 13.0. The smallest absolute Gasteiger partial charge is 0.326 e. The number of benzene rings is 1. The van der Waals surface area contributed by atoms with Crippen molar-refractivity contribution < 1.29 is 44.1 Å². The number of para-hydroxylation sites is 1. The number of primary amides is 1. The lowest BCUT2D eigenvalue weighted by atomic mass is 10.0. The Kier molecular flexibility index (Phi) is 10.7. The highest BCUT2D eigenvalue weighted by molar-refractivity contribution is 5.95. The van der Waals surface area contributed by atoms with Crippen molar-refractivity contribution in [1.29, 1.82) is 0 Å². The number of aromatic nitrogens is 1. The maximum Gasteiger partial charge on any atom is 0.326 e. The Balaban J connectivity index is 2.24. The first-order valence-corrected chi connectivity index (χ1v) is 11.5. The van der Waals surface area contributed by atoms with Gasteiger partial charge >= 0.3 is 11.9 Å². The summed E-state index contributed by atoms with van der Waals surface area (Å²) in [5.74, 6) is -6.59. The summed E-state index contributed by atoms with van der Waals surface area (Å²) in [5.41, 5.74) is 12.0. The van der Waals surface area contributed by atoms with E-state index in [4.69, 9.17) is 16.6 Å². The van der Waals surface area contributed by atoms with Crippen molar-refractivity contribution in [2.24, 2.45) is 11.5 Å². The van der Waals surface area contributed by atoms with Gasteiger partial charge in [-0.2, -0.15) is 0 Å². The Morgan fingerprint density at radius 1 is 0.895 bits per heavy atom. The Labute approximate surface area is 215 Å². The van der Waals surface area contributed by atoms with Crippen molar-refractivity contribution in [3.05, 3.63) is 36.0 Å². The van der Waals surface area contributed by atoms with Crippen LogP contribution in [0.25, 0.3) is 10.9 Å². The van der Waals surface area contributed by atoms with Gasteiger partial charge in [0.1, 0.15) is 18.1 Å². The predicted octanol–water partition coefficient (Wildman–Crippen LogP) is -2.69. The van der Waals surface area contributed by atoms with Gasteiger partial charge in [0, 0.05) is 29.9 Å². The number of aliphatic hydroxyl groups excluding tert-OH is 1. The number of hydrogen-bond acceptors (Lipinski definition) is 8. The fourth-order valence-corrected chi connectivity index (χ4v) is 3.55. The number of nitrogens with one attached hydrogen (secondary N) is 4. The quantitative estimate of drug-likeness (QED) is 0.114. The number of nitrogens with two attached hydrogens (primary N) is 2. The molecule has 0 aliphatic carbocycles. The molecule has 0 fully saturated rings. The highest BCUT2D eigenvalue weighted by Crippen LogP contribution is 2.19. The number of carbonyl (C=O) groups excluding carboxylic acids is 4. The van der Waals surface area contributed by atoms with Gasteiger partial charge in [-0.05, 0) is 18.1 Å². The van der Waals surface area contributed by atoms with Gasteiger partial charge in [-0.1, -0.05) is 18.2 Å². The van der Waals surface area contributed by atoms with Crippen LogP contribution in [0.2, 0.25) is 0 Å². The van der Waals surface area contributed by atoms with Gasteiger partial charge in [0.05, 0.1) is 19.1 Å². The largest absolute Gasteiger partial charge is 0.481 e. The Hall–Kier alpha value is -4.50. The number of rotatable bonds is 15. The van der Waals surface area contributed by atoms with Gasteiger partial charge in [0.2, 0.25) is 23.6 Å². The molecule has 206 valence electrons. The minimum Gasteiger partial charge on any atom is -0.481 e. The number of aliphatic carboxylic acids is 2. The van der Waals surface area contributed by atoms with E-state index in [9.17, 15) is 39.0 Å². The van der Waals surface area contributed by atoms with Crippen LogP contribution in [-0.4, -0.2) is 86.6 Å². The van der Waals surface area contributed by atoms with Crippen molar-refractivity contribution in [2.75, 3.05) is 6.61 Å². The number of carboxylic acids is 2. The number of amides is 4. The van der Waals surface area contributed by atoms with Crippen LogP contribution in [-0.2, 0) is 35.2 Å². The topological polar surface area (TPSA) is 267 Å². The lowest BCUT2D eigenvalue weighted by Crippen LogP contribution is -2.58. The molecule has 4 amide bonds. The van der Waals surface area contributed by atoms with Crippen LogP contribution in [0, 0.1) is 0 Å². The molecule has 0 radical (unpaired) electrons. The van der Waals surface area contributed by atoms with E-state index in [1.54, 1.807) is 30.5 Å². The summed E-state index contributed by atoms with van der Waals surface area (Å²) in [4.78, 5) is 74.6. The average Bonchev–Trinajstić information content (AvgIpc) is 3.27. The van der Waals surface area contributed by atoms with E-state index in [1.807, 2.05) is 0 Å². The van der Waals surface area contributed by atoms with Gasteiger partial charge in [-0.25, -0.2) is 4.79 Å². The summed E-state index contributed by atoms with van der Waals surface area (Å²) in [5, 5.41) is 35.3. The summed E-state index contributed by atoms with van der Waals surface area (Å²) in [7, 11) is 0. The van der Waals surface area contributed by atoms with Crippen LogP contribution in [0.3, 0.4) is 0 Å². The third-order valence-corrected chi connectivity index (χ3v) is 5.58. The van der Waals surface area contributed by atoms with E-state index in [0.29, 0.717) is 10.9 Å². The second-order valence-corrected chi connectivity index (χ2v) is 8.48. The molecule has 0 saturated carbocycles. The highest BCUT2D eigenvalue weighted by Gasteiger charge is 2.31. The average molecular weight is 535 g/mol. The second-order valence-electron chi connectivity index (χ2n) is 8.48. The summed E-state index contributed by atoms with van der Waals surface area (Å²) < 4.78 is 0. The summed E-state index contributed by atoms with van der Waals surface area (Å²) in [6, 6.07) is 1.10. The molecule has 4 unspecified atom stereocenters. The molecule has 1 aromatic carbocycles. The number of carbonyl (C=O) groups is 6. The first kappa shape index (κ1) is 29.7. The lowest BCUT2D eigenvalue weighted by molar-refractivity contribution is -0.147. The molecular weight excluding hydrogens is 504 g/mol. The standard InChI is InChI=1S/C23H30N6O9/c24-13(5-6-18(25)31)20(34)29-17(10-30)22(36)27-15(21(35)28-16(23(37)38)8-19(32)33)7-11-9-26-14-4-2-1-3-12(11)14/h1-4,9,13,15-17,26,30H,5-8,10,24H2,(H2,25,31)(H,27,36)(H,28,35)(H,29,34)(H,32,33)(H,37,38). The number of hydrogen-bond donors (Lipinski definition) is 9. The zero-order valence-electron chi connectivity index (χ0n) is 20.2. The molecule has 0 bridgehead atoms. The Morgan fingerprint density at radius 3 is 2.11 bits per heavy atom. The van der Waals surface area contributed by atoms with Crippen LogP contribution in [0.15, 0.2) is 30.5 Å². The lowest BCUT2D eigenvalue weighted by Gasteiger charge is -2.24. The van der Waals surface area contributed by atoms with Crippen molar-refractivity contribution in [3.8, 4) is 0 Å². The Morgan fingerprint density at radius 2 is 1.50 bits per heavy atom. The van der Waals surface area contributed by atoms with E-state index in [-0.39, 0.29) is 19.3 Å². The van der Waals surface area contributed by atoms with Gasteiger partial charge in [-0.15, -0.1) is 0 Å². The number of H-pyrrole nitrogens is 1. The monoisotopic (exact) mass is 534 g/mol. The molecule has 38 heavy (non-hydrogen) atoms. The van der Waals surface area contributed by atoms with E-state index < -0.39 is 72.8 Å². The molecule has 1 aromatic heterocycles. The van der Waals surface area contributed by atoms with Crippen molar-refractivity contribution in [3.63, 3.8) is 0 Å². The van der Waals surface area contributed by atoms with E-state index in [2.05, 4.69) is 20.9 Å². The second kappa shape index (κ2) is 13.7. The van der Waals surface area contributed by atoms with Gasteiger partial charge in [-0.3, -0.25) is 24.0 Å². The van der Waals surface area contributed by atoms with Gasteiger partial charge in [0.15, 0.2) is 0 Å². The SMILES string of the molecule is NC(=O)CCC(N)C(=O)NC(CO)C(=O)NC(Cc1c[nH]c2ccccc12)C(=O)NC(CC(=O)O)C(=O)O. The van der Waals surface area contributed by atoms with E-state index in [0.717, 1.165) is 5.52 Å². The number of fused-ring (bicyclic) bond motifs is 1. The van der Waals surface area contributed by atoms with E-state index in [1.165, 1.54) is 0 Å². The third kappa shape index (κ3) is 8.56. The van der Waals surface area contributed by atoms with Crippen LogP contribution in [0.4, 0.5) is 0 Å². The normalized spacial score (nSPS) is 14.1. The predicted molar refractivity (Wildman–Crippen MR) is 131 cm³/mol. The number of aliphatic hydroxyl groups is 1. The number of aromatic amines is 1. The fourth-order valence-electron chi connectivity index (χ4n) is 3.55. The van der Waals surface area contributed by atoms with E-state index >= 15 is 0 Å². The van der Waals surface area contributed by atoms with Crippen molar-refractivity contribution in [1.82, 2.24) is 20.9 Å². The zero-order valence-corrected chi connectivity index (χ0v) is 20.2. The fraction of sp³-hybridized carbons (Fsp3) is 0.391. The van der Waals surface area contributed by atoms with Crippen LogP contribution in [0.5, 0.6) is 0 Å². The maximum absolute atomic E-state index is 13.0. The van der Waals surface area contributed by atoms with Gasteiger partial charge in [0.25, 0.3) is 0 Å².